The number of oxazole rings is 1. The minimum Gasteiger partial charge on any atom is -0.490 e. The third kappa shape index (κ3) is 5.90. The first-order valence-electron chi connectivity index (χ1n) is 12.4. The summed E-state index contributed by atoms with van der Waals surface area (Å²) in [4.78, 5) is 4.49. The van der Waals surface area contributed by atoms with Gasteiger partial charge in [0.2, 0.25) is 5.88 Å². The van der Waals surface area contributed by atoms with E-state index in [4.69, 9.17) is 23.0 Å². The Balaban J connectivity index is 1.25. The maximum Gasteiger partial charge on any atom is 0.263 e. The van der Waals surface area contributed by atoms with E-state index in [1.54, 1.807) is 29.3 Å². The number of hydrogen-bond donors (Lipinski definition) is 1. The molecule has 9 heteroatoms. The lowest BCUT2D eigenvalue weighted by Gasteiger charge is -2.13. The van der Waals surface area contributed by atoms with Crippen molar-refractivity contribution in [3.8, 4) is 29.0 Å². The van der Waals surface area contributed by atoms with Gasteiger partial charge in [-0.25, -0.2) is 4.98 Å². The Bertz CT molecular complexity index is 1460. The second-order valence-electron chi connectivity index (χ2n) is 8.59. The van der Waals surface area contributed by atoms with E-state index in [0.29, 0.717) is 59.2 Å². The van der Waals surface area contributed by atoms with Crippen LogP contribution < -0.4 is 14.2 Å². The number of ether oxygens (including phenoxy) is 3. The summed E-state index contributed by atoms with van der Waals surface area (Å²) in [5.74, 6) is 3.21. The summed E-state index contributed by atoms with van der Waals surface area (Å²) in [6.07, 6.45) is 3.37. The maximum absolute atomic E-state index is 9.79. The van der Waals surface area contributed by atoms with Gasteiger partial charge in [0.05, 0.1) is 31.6 Å². The zero-order valence-electron chi connectivity index (χ0n) is 21.3. The molecule has 1 N–H and O–H groups in total. The van der Waals surface area contributed by atoms with Gasteiger partial charge in [0.1, 0.15) is 24.7 Å². The second-order valence-corrected chi connectivity index (χ2v) is 8.59. The summed E-state index contributed by atoms with van der Waals surface area (Å²) in [5.41, 5.74) is 3.29. The van der Waals surface area contributed by atoms with Gasteiger partial charge in [0.25, 0.3) is 5.89 Å². The number of aliphatic hydroxyl groups excluding tert-OH is 1. The molecule has 0 unspecified atom stereocenters. The standard InChI is InChI=1S/C29H29N3O6/c1-3-34-27-14-22(18-37-28-23(17-33)16-32(31-28)15-21-8-5-4-6-9-21)11-12-25(27)36-19-24-20(2)38-29(30-24)26-10-7-13-35-26/h4-14,16,33H,3,15,17-19H2,1-2H3. The number of aliphatic hydroxyl groups is 1. The SMILES string of the molecule is CCOc1cc(COc2nn(Cc3ccccc3)cc2CO)ccc1OCc1nc(-c2ccco2)oc1C. The first kappa shape index (κ1) is 25.2. The van der Waals surface area contributed by atoms with E-state index in [-0.39, 0.29) is 19.8 Å². The number of aryl methyl sites for hydroxylation is 1. The topological polar surface area (TPSA) is 105 Å². The Hall–Kier alpha value is -4.50. The van der Waals surface area contributed by atoms with Crippen LogP contribution in [0, 0.1) is 6.92 Å². The lowest BCUT2D eigenvalue weighted by molar-refractivity contribution is 0.252. The van der Waals surface area contributed by atoms with Gasteiger partial charge in [-0.15, -0.1) is 5.10 Å². The van der Waals surface area contributed by atoms with Crippen LogP contribution in [-0.4, -0.2) is 26.5 Å². The quantitative estimate of drug-likeness (QED) is 0.231. The maximum atomic E-state index is 9.79. The summed E-state index contributed by atoms with van der Waals surface area (Å²) in [6.45, 7) is 5.12. The number of nitrogens with zero attached hydrogens (tertiary/aromatic N) is 3. The molecule has 0 aliphatic heterocycles. The molecule has 0 aliphatic carbocycles. The lowest BCUT2D eigenvalue weighted by atomic mass is 10.2. The molecule has 38 heavy (non-hydrogen) atoms. The summed E-state index contributed by atoms with van der Waals surface area (Å²) in [5, 5.41) is 14.3. The molecule has 0 bridgehead atoms. The molecule has 0 aliphatic rings. The fraction of sp³-hybridized carbons (Fsp3) is 0.241. The third-order valence-electron chi connectivity index (χ3n) is 5.83. The zero-order valence-corrected chi connectivity index (χ0v) is 21.3. The van der Waals surface area contributed by atoms with E-state index in [1.165, 1.54) is 0 Å². The second kappa shape index (κ2) is 11.7. The fourth-order valence-corrected chi connectivity index (χ4v) is 3.92. The van der Waals surface area contributed by atoms with E-state index >= 15 is 0 Å². The van der Waals surface area contributed by atoms with Gasteiger partial charge in [0, 0.05) is 6.20 Å². The molecular weight excluding hydrogens is 486 g/mol. The highest BCUT2D eigenvalue weighted by atomic mass is 16.5. The molecular formula is C29H29N3O6. The molecule has 0 saturated carbocycles. The number of hydrogen-bond acceptors (Lipinski definition) is 8. The van der Waals surface area contributed by atoms with Gasteiger partial charge in [-0.1, -0.05) is 36.4 Å². The van der Waals surface area contributed by atoms with E-state index < -0.39 is 0 Å². The predicted octanol–water partition coefficient (Wildman–Crippen LogP) is 5.54. The Morgan fingerprint density at radius 1 is 0.921 bits per heavy atom. The van der Waals surface area contributed by atoms with E-state index in [1.807, 2.05) is 62.4 Å². The molecule has 0 radical (unpaired) electrons. The van der Waals surface area contributed by atoms with Crippen molar-refractivity contribution in [3.63, 3.8) is 0 Å². The van der Waals surface area contributed by atoms with Crippen molar-refractivity contribution in [2.45, 2.75) is 40.2 Å². The van der Waals surface area contributed by atoms with Crippen molar-refractivity contribution in [3.05, 3.63) is 101 Å². The van der Waals surface area contributed by atoms with Gasteiger partial charge in [-0.05, 0) is 49.2 Å². The Morgan fingerprint density at radius 2 is 1.79 bits per heavy atom. The van der Waals surface area contributed by atoms with Gasteiger partial charge < -0.3 is 28.2 Å². The molecule has 3 aromatic heterocycles. The van der Waals surface area contributed by atoms with Crippen LogP contribution in [0.15, 0.2) is 82.0 Å². The smallest absolute Gasteiger partial charge is 0.263 e. The lowest BCUT2D eigenvalue weighted by Crippen LogP contribution is -2.04. The Kier molecular flexibility index (Phi) is 7.75. The average molecular weight is 516 g/mol. The normalized spacial score (nSPS) is 11.0. The number of rotatable bonds is 12. The summed E-state index contributed by atoms with van der Waals surface area (Å²) >= 11 is 0. The average Bonchev–Trinajstić information content (AvgIpc) is 3.68. The minimum atomic E-state index is -0.163. The molecule has 0 atom stereocenters. The number of furan rings is 1. The summed E-state index contributed by atoms with van der Waals surface area (Å²) < 4.78 is 30.7. The van der Waals surface area contributed by atoms with Crippen LogP contribution in [0.5, 0.6) is 17.4 Å². The third-order valence-corrected chi connectivity index (χ3v) is 5.83. The van der Waals surface area contributed by atoms with Crippen molar-refractivity contribution in [1.82, 2.24) is 14.8 Å². The van der Waals surface area contributed by atoms with Crippen LogP contribution >= 0.6 is 0 Å². The van der Waals surface area contributed by atoms with Crippen molar-refractivity contribution < 1.29 is 28.2 Å². The van der Waals surface area contributed by atoms with E-state index in [2.05, 4.69) is 10.1 Å². The molecule has 5 aromatic rings. The predicted molar refractivity (Wildman–Crippen MR) is 139 cm³/mol. The first-order chi connectivity index (χ1) is 18.6. The molecule has 196 valence electrons. The number of aromatic nitrogens is 3. The highest BCUT2D eigenvalue weighted by molar-refractivity contribution is 5.45. The van der Waals surface area contributed by atoms with Crippen LogP contribution in [0.2, 0.25) is 0 Å². The molecule has 9 nitrogen and oxygen atoms in total. The molecule has 2 aromatic carbocycles. The first-order valence-corrected chi connectivity index (χ1v) is 12.4. The molecule has 5 rings (SSSR count). The van der Waals surface area contributed by atoms with Crippen molar-refractivity contribution in [2.24, 2.45) is 0 Å². The highest BCUT2D eigenvalue weighted by Gasteiger charge is 2.16. The van der Waals surface area contributed by atoms with Crippen LogP contribution in [0.4, 0.5) is 0 Å². The molecule has 3 heterocycles. The van der Waals surface area contributed by atoms with E-state index in [0.717, 1.165) is 11.1 Å². The van der Waals surface area contributed by atoms with E-state index in [9.17, 15) is 5.11 Å². The summed E-state index contributed by atoms with van der Waals surface area (Å²) in [7, 11) is 0. The Morgan fingerprint density at radius 3 is 2.55 bits per heavy atom. The monoisotopic (exact) mass is 515 g/mol. The van der Waals surface area contributed by atoms with Crippen LogP contribution in [0.1, 0.15) is 35.1 Å². The summed E-state index contributed by atoms with van der Waals surface area (Å²) in [6, 6.07) is 19.2. The molecule has 0 amide bonds. The number of benzene rings is 2. The van der Waals surface area contributed by atoms with Crippen molar-refractivity contribution in [2.75, 3.05) is 6.61 Å². The Labute approximate surface area is 220 Å². The van der Waals surface area contributed by atoms with Crippen molar-refractivity contribution >= 4 is 0 Å². The highest BCUT2D eigenvalue weighted by Crippen LogP contribution is 2.31. The van der Waals surface area contributed by atoms with Gasteiger partial charge >= 0.3 is 0 Å². The molecule has 0 spiro atoms. The zero-order chi connectivity index (χ0) is 26.3. The van der Waals surface area contributed by atoms with Gasteiger partial charge in [-0.3, -0.25) is 4.68 Å². The van der Waals surface area contributed by atoms with Crippen molar-refractivity contribution in [1.29, 1.82) is 0 Å². The van der Waals surface area contributed by atoms with Gasteiger partial charge in [-0.2, -0.15) is 0 Å². The fourth-order valence-electron chi connectivity index (χ4n) is 3.92. The molecule has 0 fully saturated rings. The van der Waals surface area contributed by atoms with Crippen LogP contribution in [-0.2, 0) is 26.4 Å². The molecule has 0 saturated heterocycles. The largest absolute Gasteiger partial charge is 0.490 e. The minimum absolute atomic E-state index is 0.163. The van der Waals surface area contributed by atoms with Crippen LogP contribution in [0.25, 0.3) is 11.7 Å². The van der Waals surface area contributed by atoms with Gasteiger partial charge in [0.15, 0.2) is 17.3 Å². The van der Waals surface area contributed by atoms with Crippen LogP contribution in [0.3, 0.4) is 0 Å².